The third-order valence-corrected chi connectivity index (χ3v) is 2.19. The van der Waals surface area contributed by atoms with Crippen LogP contribution >= 0.6 is 0 Å². The summed E-state index contributed by atoms with van der Waals surface area (Å²) in [5, 5.41) is 2.90. The van der Waals surface area contributed by atoms with Crippen LogP contribution in [0.5, 0.6) is 0 Å². The van der Waals surface area contributed by atoms with Crippen LogP contribution in [0.1, 0.15) is 40.0 Å². The number of hydrogen-bond acceptors (Lipinski definition) is 3. The molecule has 0 bridgehead atoms. The van der Waals surface area contributed by atoms with Gasteiger partial charge in [-0.2, -0.15) is 0 Å². The summed E-state index contributed by atoms with van der Waals surface area (Å²) in [6.45, 7) is 6.07. The molecule has 0 saturated heterocycles. The minimum absolute atomic E-state index is 0.0743. The Morgan fingerprint density at radius 1 is 1.53 bits per heavy atom. The standard InChI is InChI=1S/C11H24N2O2/c1-5-6-7-9(8-15-4)13-10(14)11(2,3)12/h9H,5-8,12H2,1-4H3,(H,13,14). The first-order valence-corrected chi connectivity index (χ1v) is 5.50. The number of nitrogens with one attached hydrogen (secondary N) is 1. The van der Waals surface area contributed by atoms with Crippen molar-refractivity contribution in [1.82, 2.24) is 5.32 Å². The number of carbonyl (C=O) groups excluding carboxylic acids is 1. The fraction of sp³-hybridized carbons (Fsp3) is 0.909. The highest BCUT2D eigenvalue weighted by molar-refractivity contribution is 5.85. The van der Waals surface area contributed by atoms with Gasteiger partial charge in [-0.3, -0.25) is 4.79 Å². The first-order valence-electron chi connectivity index (χ1n) is 5.50. The molecule has 0 saturated carbocycles. The number of carbonyl (C=O) groups is 1. The summed E-state index contributed by atoms with van der Waals surface area (Å²) in [6.07, 6.45) is 3.13. The van der Waals surface area contributed by atoms with Gasteiger partial charge < -0.3 is 15.8 Å². The van der Waals surface area contributed by atoms with Crippen molar-refractivity contribution >= 4 is 5.91 Å². The number of amides is 1. The molecule has 0 heterocycles. The normalized spacial score (nSPS) is 13.7. The van der Waals surface area contributed by atoms with Gasteiger partial charge in [0, 0.05) is 7.11 Å². The van der Waals surface area contributed by atoms with Crippen molar-refractivity contribution in [3.63, 3.8) is 0 Å². The summed E-state index contributed by atoms with van der Waals surface area (Å²) in [5.74, 6) is -0.124. The number of hydrogen-bond donors (Lipinski definition) is 2. The first kappa shape index (κ1) is 14.4. The molecule has 0 aliphatic heterocycles. The smallest absolute Gasteiger partial charge is 0.239 e. The predicted octanol–water partition coefficient (Wildman–Crippen LogP) is 1.05. The summed E-state index contributed by atoms with van der Waals surface area (Å²) in [6, 6.07) is 0.0743. The van der Waals surface area contributed by atoms with E-state index in [1.807, 2.05) is 0 Å². The zero-order chi connectivity index (χ0) is 11.9. The Morgan fingerprint density at radius 2 is 2.13 bits per heavy atom. The van der Waals surface area contributed by atoms with Crippen molar-refractivity contribution in [3.05, 3.63) is 0 Å². The van der Waals surface area contributed by atoms with E-state index in [0.717, 1.165) is 19.3 Å². The maximum Gasteiger partial charge on any atom is 0.239 e. The molecule has 0 rings (SSSR count). The average Bonchev–Trinajstić information content (AvgIpc) is 2.13. The van der Waals surface area contributed by atoms with Crippen molar-refractivity contribution in [3.8, 4) is 0 Å². The van der Waals surface area contributed by atoms with E-state index in [4.69, 9.17) is 10.5 Å². The molecule has 1 unspecified atom stereocenters. The molecule has 0 aliphatic rings. The van der Waals surface area contributed by atoms with Crippen molar-refractivity contribution < 1.29 is 9.53 Å². The third kappa shape index (κ3) is 6.47. The lowest BCUT2D eigenvalue weighted by molar-refractivity contribution is -0.126. The van der Waals surface area contributed by atoms with Crippen LogP contribution in [0.2, 0.25) is 0 Å². The Bertz CT molecular complexity index is 188. The second kappa shape index (κ2) is 6.80. The quantitative estimate of drug-likeness (QED) is 0.668. The Labute approximate surface area is 92.6 Å². The molecular weight excluding hydrogens is 192 g/mol. The van der Waals surface area contributed by atoms with Gasteiger partial charge in [0.25, 0.3) is 0 Å². The van der Waals surface area contributed by atoms with E-state index < -0.39 is 5.54 Å². The summed E-state index contributed by atoms with van der Waals surface area (Å²) in [4.78, 5) is 11.6. The Morgan fingerprint density at radius 3 is 2.53 bits per heavy atom. The van der Waals surface area contributed by atoms with E-state index in [0.29, 0.717) is 6.61 Å². The Balaban J connectivity index is 4.09. The summed E-state index contributed by atoms with van der Waals surface area (Å²) in [7, 11) is 1.64. The van der Waals surface area contributed by atoms with Crippen LogP contribution in [-0.2, 0) is 9.53 Å². The fourth-order valence-electron chi connectivity index (χ4n) is 1.22. The van der Waals surface area contributed by atoms with E-state index >= 15 is 0 Å². The monoisotopic (exact) mass is 216 g/mol. The van der Waals surface area contributed by atoms with Crippen molar-refractivity contribution in [2.75, 3.05) is 13.7 Å². The molecule has 1 amide bonds. The van der Waals surface area contributed by atoms with Crippen LogP contribution in [-0.4, -0.2) is 31.2 Å². The molecule has 1 atom stereocenters. The van der Waals surface area contributed by atoms with Gasteiger partial charge in [0.2, 0.25) is 5.91 Å². The summed E-state index contributed by atoms with van der Waals surface area (Å²) < 4.78 is 5.06. The molecule has 0 aromatic heterocycles. The molecule has 4 nitrogen and oxygen atoms in total. The molecule has 4 heteroatoms. The number of unbranched alkanes of at least 4 members (excludes halogenated alkanes) is 1. The van der Waals surface area contributed by atoms with Gasteiger partial charge in [0.1, 0.15) is 0 Å². The predicted molar refractivity (Wildman–Crippen MR) is 61.6 cm³/mol. The van der Waals surface area contributed by atoms with Crippen molar-refractivity contribution in [2.24, 2.45) is 5.73 Å². The maximum absolute atomic E-state index is 11.6. The zero-order valence-electron chi connectivity index (χ0n) is 10.3. The van der Waals surface area contributed by atoms with E-state index in [1.54, 1.807) is 21.0 Å². The van der Waals surface area contributed by atoms with Crippen LogP contribution in [0.3, 0.4) is 0 Å². The average molecular weight is 216 g/mol. The lowest BCUT2D eigenvalue weighted by atomic mass is 10.0. The molecular formula is C11H24N2O2. The molecule has 15 heavy (non-hydrogen) atoms. The minimum atomic E-state index is -0.821. The van der Waals surface area contributed by atoms with Crippen LogP contribution in [0.25, 0.3) is 0 Å². The number of nitrogens with two attached hydrogens (primary N) is 1. The number of methoxy groups -OCH3 is 1. The van der Waals surface area contributed by atoms with Gasteiger partial charge in [-0.05, 0) is 20.3 Å². The highest BCUT2D eigenvalue weighted by Gasteiger charge is 2.24. The third-order valence-electron chi connectivity index (χ3n) is 2.19. The summed E-state index contributed by atoms with van der Waals surface area (Å²) >= 11 is 0. The summed E-state index contributed by atoms with van der Waals surface area (Å²) in [5.41, 5.74) is 4.88. The van der Waals surface area contributed by atoms with E-state index in [2.05, 4.69) is 12.2 Å². The van der Waals surface area contributed by atoms with Gasteiger partial charge in [0.05, 0.1) is 18.2 Å². The van der Waals surface area contributed by atoms with Gasteiger partial charge >= 0.3 is 0 Å². The molecule has 3 N–H and O–H groups in total. The molecule has 90 valence electrons. The maximum atomic E-state index is 11.6. The number of ether oxygens (including phenoxy) is 1. The lowest BCUT2D eigenvalue weighted by Gasteiger charge is -2.23. The Kier molecular flexibility index (Phi) is 6.52. The Hall–Kier alpha value is -0.610. The largest absolute Gasteiger partial charge is 0.383 e. The van der Waals surface area contributed by atoms with Crippen molar-refractivity contribution in [1.29, 1.82) is 0 Å². The van der Waals surface area contributed by atoms with Crippen LogP contribution in [0.15, 0.2) is 0 Å². The van der Waals surface area contributed by atoms with Crippen LogP contribution in [0, 0.1) is 0 Å². The van der Waals surface area contributed by atoms with Gasteiger partial charge in [-0.1, -0.05) is 19.8 Å². The van der Waals surface area contributed by atoms with Gasteiger partial charge in [-0.25, -0.2) is 0 Å². The molecule has 0 fully saturated rings. The topological polar surface area (TPSA) is 64.3 Å². The first-order chi connectivity index (χ1) is 6.91. The van der Waals surface area contributed by atoms with E-state index in [-0.39, 0.29) is 11.9 Å². The van der Waals surface area contributed by atoms with E-state index in [9.17, 15) is 4.79 Å². The van der Waals surface area contributed by atoms with Gasteiger partial charge in [0.15, 0.2) is 0 Å². The molecule has 0 radical (unpaired) electrons. The molecule has 0 aliphatic carbocycles. The second-order valence-corrected chi connectivity index (χ2v) is 4.49. The van der Waals surface area contributed by atoms with Crippen LogP contribution in [0.4, 0.5) is 0 Å². The zero-order valence-corrected chi connectivity index (χ0v) is 10.3. The minimum Gasteiger partial charge on any atom is -0.383 e. The van der Waals surface area contributed by atoms with Crippen molar-refractivity contribution in [2.45, 2.75) is 51.6 Å². The molecule has 0 aromatic rings. The fourth-order valence-corrected chi connectivity index (χ4v) is 1.22. The van der Waals surface area contributed by atoms with Gasteiger partial charge in [-0.15, -0.1) is 0 Å². The number of rotatable bonds is 7. The molecule has 0 spiro atoms. The second-order valence-electron chi connectivity index (χ2n) is 4.49. The lowest BCUT2D eigenvalue weighted by Crippen LogP contribution is -2.53. The molecule has 0 aromatic carbocycles. The SMILES string of the molecule is CCCCC(COC)NC(=O)C(C)(C)N. The highest BCUT2D eigenvalue weighted by atomic mass is 16.5. The highest BCUT2D eigenvalue weighted by Crippen LogP contribution is 2.04. The van der Waals surface area contributed by atoms with E-state index in [1.165, 1.54) is 0 Å². The van der Waals surface area contributed by atoms with Crippen LogP contribution < -0.4 is 11.1 Å².